The Bertz CT molecular complexity index is 1170. The number of anilines is 1. The van der Waals surface area contributed by atoms with E-state index in [1.54, 1.807) is 29.1 Å². The van der Waals surface area contributed by atoms with Crippen LogP contribution >= 0.6 is 0 Å². The number of rotatable bonds is 6. The van der Waals surface area contributed by atoms with Crippen LogP contribution in [-0.4, -0.2) is 60.2 Å². The number of aromatic nitrogens is 2. The molecule has 4 rings (SSSR count). The minimum Gasteiger partial charge on any atom is -0.481 e. The van der Waals surface area contributed by atoms with Crippen molar-refractivity contribution in [2.45, 2.75) is 37.2 Å². The van der Waals surface area contributed by atoms with E-state index in [0.29, 0.717) is 16.7 Å². The molecule has 4 atom stereocenters. The van der Waals surface area contributed by atoms with Crippen molar-refractivity contribution >= 4 is 28.6 Å². The van der Waals surface area contributed by atoms with Gasteiger partial charge in [-0.05, 0) is 29.8 Å². The van der Waals surface area contributed by atoms with E-state index in [4.69, 9.17) is 0 Å². The van der Waals surface area contributed by atoms with Crippen LogP contribution in [0.5, 0.6) is 0 Å². The third-order valence-electron chi connectivity index (χ3n) is 5.56. The van der Waals surface area contributed by atoms with E-state index >= 15 is 0 Å². The van der Waals surface area contributed by atoms with Gasteiger partial charge in [-0.1, -0.05) is 30.3 Å². The highest BCUT2D eigenvalue weighted by atomic mass is 16.4. The minimum atomic E-state index is -1.33. The van der Waals surface area contributed by atoms with Gasteiger partial charge in [-0.15, -0.1) is 0 Å². The molecule has 0 radical (unpaired) electrons. The molecule has 0 fully saturated rings. The molecule has 3 aromatic rings. The monoisotopic (exact) mass is 437 g/mol. The van der Waals surface area contributed by atoms with Crippen molar-refractivity contribution < 1.29 is 30.0 Å². The van der Waals surface area contributed by atoms with Gasteiger partial charge in [0.15, 0.2) is 0 Å². The lowest BCUT2D eigenvalue weighted by Gasteiger charge is -2.27. The normalized spacial score (nSPS) is 21.7. The number of imidazole rings is 1. The van der Waals surface area contributed by atoms with Gasteiger partial charge in [0.2, 0.25) is 0 Å². The van der Waals surface area contributed by atoms with Gasteiger partial charge < -0.3 is 30.3 Å². The van der Waals surface area contributed by atoms with E-state index in [9.17, 15) is 30.0 Å². The van der Waals surface area contributed by atoms with Crippen LogP contribution in [0, 0.1) is 0 Å². The van der Waals surface area contributed by atoms with E-state index in [0.717, 1.165) is 5.56 Å². The molecule has 0 bridgehead atoms. The zero-order chi connectivity index (χ0) is 22.8. The molecule has 166 valence electrons. The first-order valence-electron chi connectivity index (χ1n) is 10.1. The summed E-state index contributed by atoms with van der Waals surface area (Å²) >= 11 is 0. The molecule has 32 heavy (non-hydrogen) atoms. The number of carbonyl (C=O) groups is 2. The summed E-state index contributed by atoms with van der Waals surface area (Å²) in [5.74, 6) is -1.46. The second-order valence-corrected chi connectivity index (χ2v) is 7.78. The average Bonchev–Trinajstić information content (AvgIpc) is 3.19. The number of carbonyl (C=O) groups excluding carboxylic acids is 1. The summed E-state index contributed by atoms with van der Waals surface area (Å²) in [6.07, 6.45) is -1.31. The first-order chi connectivity index (χ1) is 15.3. The van der Waals surface area contributed by atoms with Crippen molar-refractivity contribution in [2.75, 3.05) is 5.32 Å². The maximum atomic E-state index is 12.6. The highest BCUT2D eigenvalue weighted by molar-refractivity contribution is 6.04. The number of hydrogen-bond acceptors (Lipinski definition) is 6. The summed E-state index contributed by atoms with van der Waals surface area (Å²) in [7, 11) is 0. The Morgan fingerprint density at radius 2 is 1.88 bits per heavy atom. The Morgan fingerprint density at radius 1 is 1.12 bits per heavy atom. The zero-order valence-electron chi connectivity index (χ0n) is 17.0. The highest BCUT2D eigenvalue weighted by Crippen LogP contribution is 2.29. The van der Waals surface area contributed by atoms with E-state index in [1.165, 1.54) is 6.08 Å². The molecule has 0 aliphatic heterocycles. The molecule has 0 spiro atoms. The first kappa shape index (κ1) is 21.7. The summed E-state index contributed by atoms with van der Waals surface area (Å²) < 4.78 is 1.76. The number of nitrogens with zero attached hydrogens (tertiary/aromatic N) is 2. The number of hydrogen-bond donors (Lipinski definition) is 5. The topological polar surface area (TPSA) is 145 Å². The minimum absolute atomic E-state index is 0.0844. The Kier molecular flexibility index (Phi) is 6.04. The van der Waals surface area contributed by atoms with Crippen LogP contribution in [0.1, 0.15) is 24.4 Å². The lowest BCUT2D eigenvalue weighted by molar-refractivity contribution is -0.137. The number of aliphatic carboxylic acids is 1. The number of carboxylic acid groups (broad SMARTS) is 1. The molecule has 1 aliphatic rings. The van der Waals surface area contributed by atoms with Crippen molar-refractivity contribution in [1.82, 2.24) is 9.55 Å². The SMILES string of the molecule is O=C(O)CC(c1ccccc1)n1cnc2ccc(NC(=O)C3=C[C@H](O)[C@H](O)[C@@H](O)C3)cc21. The lowest BCUT2D eigenvalue weighted by Crippen LogP contribution is -2.41. The second kappa shape index (κ2) is 8.91. The van der Waals surface area contributed by atoms with E-state index < -0.39 is 36.2 Å². The van der Waals surface area contributed by atoms with Crippen LogP contribution in [0.2, 0.25) is 0 Å². The molecule has 9 nitrogen and oxygen atoms in total. The van der Waals surface area contributed by atoms with E-state index in [2.05, 4.69) is 10.3 Å². The van der Waals surface area contributed by atoms with Crippen molar-refractivity contribution in [2.24, 2.45) is 0 Å². The van der Waals surface area contributed by atoms with E-state index in [-0.39, 0.29) is 18.4 Å². The van der Waals surface area contributed by atoms with Crippen LogP contribution in [0.4, 0.5) is 5.69 Å². The van der Waals surface area contributed by atoms with E-state index in [1.807, 2.05) is 30.3 Å². The predicted octanol–water partition coefficient (Wildman–Crippen LogP) is 1.45. The van der Waals surface area contributed by atoms with Crippen molar-refractivity contribution in [3.63, 3.8) is 0 Å². The molecule has 0 saturated heterocycles. The standard InChI is InChI=1S/C23H23N3O6/c27-19-8-14(9-20(28)22(19)31)23(32)25-15-6-7-16-18(10-15)26(12-24-16)17(11-21(29)30)13-4-2-1-3-5-13/h1-8,10,12,17,19-20,22,27-28,31H,9,11H2,(H,25,32)(H,29,30)/t17?,19-,20-,22-/m0/s1. The molecule has 1 amide bonds. The molecular weight excluding hydrogens is 414 g/mol. The fourth-order valence-electron chi connectivity index (χ4n) is 3.90. The fraction of sp³-hybridized carbons (Fsp3) is 0.261. The molecule has 1 aliphatic carbocycles. The Labute approximate surface area is 183 Å². The molecular formula is C23H23N3O6. The van der Waals surface area contributed by atoms with Crippen molar-refractivity contribution in [3.8, 4) is 0 Å². The number of aliphatic hydroxyl groups is 3. The summed E-state index contributed by atoms with van der Waals surface area (Å²) in [5, 5.41) is 41.4. The maximum absolute atomic E-state index is 12.6. The predicted molar refractivity (Wildman–Crippen MR) is 116 cm³/mol. The molecule has 1 heterocycles. The van der Waals surface area contributed by atoms with Gasteiger partial charge in [-0.2, -0.15) is 0 Å². The third kappa shape index (κ3) is 4.40. The molecule has 2 aromatic carbocycles. The molecule has 1 aromatic heterocycles. The van der Waals surface area contributed by atoms with Crippen molar-refractivity contribution in [3.05, 3.63) is 72.1 Å². The van der Waals surface area contributed by atoms with Crippen LogP contribution in [0.15, 0.2) is 66.5 Å². The summed E-state index contributed by atoms with van der Waals surface area (Å²) in [5.41, 5.74) is 2.71. The Hall–Kier alpha value is -3.53. The van der Waals surface area contributed by atoms with Crippen LogP contribution in [0.25, 0.3) is 11.0 Å². The Balaban J connectivity index is 1.65. The van der Waals surface area contributed by atoms with Gasteiger partial charge in [0, 0.05) is 17.7 Å². The zero-order valence-corrected chi connectivity index (χ0v) is 17.0. The number of amides is 1. The van der Waals surface area contributed by atoms with Crippen LogP contribution in [0.3, 0.4) is 0 Å². The average molecular weight is 437 g/mol. The maximum Gasteiger partial charge on any atom is 0.305 e. The van der Waals surface area contributed by atoms with Gasteiger partial charge >= 0.3 is 5.97 Å². The summed E-state index contributed by atoms with van der Waals surface area (Å²) in [6, 6.07) is 13.8. The number of carboxylic acids is 1. The van der Waals surface area contributed by atoms with Crippen LogP contribution < -0.4 is 5.32 Å². The molecule has 9 heteroatoms. The number of benzene rings is 2. The second-order valence-electron chi connectivity index (χ2n) is 7.78. The van der Waals surface area contributed by atoms with Crippen molar-refractivity contribution in [1.29, 1.82) is 0 Å². The lowest BCUT2D eigenvalue weighted by atomic mass is 9.92. The highest BCUT2D eigenvalue weighted by Gasteiger charge is 2.31. The number of fused-ring (bicyclic) bond motifs is 1. The molecule has 0 saturated carbocycles. The van der Waals surface area contributed by atoms with Gasteiger partial charge in [-0.3, -0.25) is 9.59 Å². The van der Waals surface area contributed by atoms with Gasteiger partial charge in [0.25, 0.3) is 5.91 Å². The number of aliphatic hydroxyl groups excluding tert-OH is 3. The van der Waals surface area contributed by atoms with Crippen LogP contribution in [-0.2, 0) is 9.59 Å². The third-order valence-corrected chi connectivity index (χ3v) is 5.56. The summed E-state index contributed by atoms with van der Waals surface area (Å²) in [6.45, 7) is 0. The van der Waals surface area contributed by atoms with Gasteiger partial charge in [0.05, 0.1) is 35.9 Å². The molecule has 5 N–H and O–H groups in total. The summed E-state index contributed by atoms with van der Waals surface area (Å²) in [4.78, 5) is 28.5. The van der Waals surface area contributed by atoms with Gasteiger partial charge in [0.1, 0.15) is 12.2 Å². The largest absolute Gasteiger partial charge is 0.481 e. The quantitative estimate of drug-likeness (QED) is 0.392. The number of nitrogens with one attached hydrogen (secondary N) is 1. The Morgan fingerprint density at radius 3 is 2.56 bits per heavy atom. The smallest absolute Gasteiger partial charge is 0.305 e. The fourth-order valence-corrected chi connectivity index (χ4v) is 3.90. The first-order valence-corrected chi connectivity index (χ1v) is 10.1. The molecule has 1 unspecified atom stereocenters. The van der Waals surface area contributed by atoms with Gasteiger partial charge in [-0.25, -0.2) is 4.98 Å².